The van der Waals surface area contributed by atoms with Crippen LogP contribution >= 0.6 is 0 Å². The number of piperidine rings is 3. The van der Waals surface area contributed by atoms with Crippen LogP contribution in [0.4, 0.5) is 0 Å². The first kappa shape index (κ1) is 34.4. The largest absolute Gasteiger partial charge is 0.348 e. The van der Waals surface area contributed by atoms with Crippen molar-refractivity contribution in [2.75, 3.05) is 65.8 Å². The van der Waals surface area contributed by atoms with Crippen LogP contribution in [-0.2, 0) is 38.0 Å². The molecule has 2 atom stereocenters. The van der Waals surface area contributed by atoms with Gasteiger partial charge in [0.1, 0.15) is 11.6 Å². The molecule has 11 nitrogen and oxygen atoms in total. The molecule has 0 aromatic heterocycles. The molecule has 11 heteroatoms. The third kappa shape index (κ3) is 8.38. The lowest BCUT2D eigenvalue weighted by Crippen LogP contribution is -2.58. The van der Waals surface area contributed by atoms with E-state index in [0.29, 0.717) is 55.4 Å². The van der Waals surface area contributed by atoms with Gasteiger partial charge in [0.25, 0.3) is 0 Å². The molecular weight excluding hydrogens is 590 g/mol. The molecule has 10 rings (SSSR count). The van der Waals surface area contributed by atoms with E-state index >= 15 is 0 Å². The Morgan fingerprint density at radius 3 is 1.52 bits per heavy atom. The Morgan fingerprint density at radius 1 is 0.674 bits per heavy atom. The summed E-state index contributed by atoms with van der Waals surface area (Å²) in [5, 5.41) is 0. The monoisotopic (exact) mass is 645 g/mol. The summed E-state index contributed by atoms with van der Waals surface area (Å²) in [6.07, 6.45) is 13.2. The molecule has 0 amide bonds. The fourth-order valence-corrected chi connectivity index (χ4v) is 8.95. The van der Waals surface area contributed by atoms with Gasteiger partial charge < -0.3 is 43.9 Å². The first-order valence-electron chi connectivity index (χ1n) is 18.0. The number of hydrogen-bond acceptors (Lipinski definition) is 10. The highest BCUT2D eigenvalue weighted by atomic mass is 16.7. The second kappa shape index (κ2) is 15.4. The summed E-state index contributed by atoms with van der Waals surface area (Å²) in [5.41, 5.74) is 5.61. The predicted molar refractivity (Wildman–Crippen MR) is 168 cm³/mol. The molecular formula is C35H55N3O8. The Bertz CT molecular complexity index is 1010. The average Bonchev–Trinajstić information content (AvgIpc) is 3.86. The lowest BCUT2D eigenvalue weighted by molar-refractivity contribution is -0.182. The number of nitrogens with two attached hydrogens (primary N) is 1. The molecule has 6 aliphatic heterocycles. The van der Waals surface area contributed by atoms with Crippen LogP contribution in [0.25, 0.3) is 4.85 Å². The number of hydrogen-bond donors (Lipinski definition) is 1. The number of carbonyl (C=O) groups is 2. The zero-order valence-electron chi connectivity index (χ0n) is 27.6. The molecule has 10 fully saturated rings. The minimum Gasteiger partial charge on any atom is -0.348 e. The Hall–Kier alpha value is -1.49. The van der Waals surface area contributed by atoms with Gasteiger partial charge in [-0.3, -0.25) is 9.59 Å². The van der Waals surface area contributed by atoms with Gasteiger partial charge in [-0.1, -0.05) is 0 Å². The summed E-state index contributed by atoms with van der Waals surface area (Å²) in [6, 6.07) is 0.212. The van der Waals surface area contributed by atoms with Crippen molar-refractivity contribution >= 4 is 11.6 Å². The van der Waals surface area contributed by atoms with Crippen LogP contribution < -0.4 is 5.73 Å². The van der Waals surface area contributed by atoms with Gasteiger partial charge in [0.05, 0.1) is 39.6 Å². The number of carbonyl (C=O) groups excluding carboxylic acids is 2. The molecule has 2 N–H and O–H groups in total. The summed E-state index contributed by atoms with van der Waals surface area (Å²) in [5.74, 6) is 2.49. The summed E-state index contributed by atoms with van der Waals surface area (Å²) in [6.45, 7) is 15.5. The van der Waals surface area contributed by atoms with Crippen molar-refractivity contribution in [1.29, 1.82) is 0 Å². The van der Waals surface area contributed by atoms with E-state index in [1.807, 2.05) is 0 Å². The van der Waals surface area contributed by atoms with Gasteiger partial charge in [-0.15, -0.1) is 0 Å². The zero-order valence-corrected chi connectivity index (χ0v) is 27.6. The Labute approximate surface area is 274 Å². The normalized spacial score (nSPS) is 36.4. The third-order valence-corrected chi connectivity index (χ3v) is 11.6. The fourth-order valence-electron chi connectivity index (χ4n) is 8.95. The molecule has 6 heterocycles. The highest BCUT2D eigenvalue weighted by molar-refractivity contribution is 5.85. The number of Topliss-reactive ketones (excluding diaryl/α,β-unsaturated/α-hetero) is 2. The second-order valence-electron chi connectivity index (χ2n) is 14.8. The molecule has 258 valence electrons. The third-order valence-electron chi connectivity index (χ3n) is 11.6. The van der Waals surface area contributed by atoms with E-state index in [0.717, 1.165) is 116 Å². The van der Waals surface area contributed by atoms with Crippen molar-refractivity contribution in [2.24, 2.45) is 29.4 Å². The minimum absolute atomic E-state index is 0.203. The molecule has 10 aliphatic rings. The van der Waals surface area contributed by atoms with Gasteiger partial charge in [0, 0.05) is 95.7 Å². The molecule has 0 aromatic rings. The van der Waals surface area contributed by atoms with E-state index in [4.69, 9.17) is 40.7 Å². The van der Waals surface area contributed by atoms with Crippen LogP contribution in [0.1, 0.15) is 89.9 Å². The zero-order chi connectivity index (χ0) is 32.0. The van der Waals surface area contributed by atoms with Crippen LogP contribution in [0, 0.1) is 30.2 Å². The Morgan fingerprint density at radius 2 is 1.11 bits per heavy atom. The van der Waals surface area contributed by atoms with Crippen molar-refractivity contribution in [3.05, 3.63) is 11.4 Å². The molecule has 4 bridgehead atoms. The van der Waals surface area contributed by atoms with Gasteiger partial charge >= 0.3 is 0 Å². The molecule has 6 saturated heterocycles. The molecule has 4 aliphatic carbocycles. The standard InChI is InChI=1S/C9H13NO2.C9H17NO2.C9H13NO.C8H12O3/c1-10-8-2-4-9(5-3-8)11-6-7-12-9;10-7-8-1-3-9(4-2-8)11-5-6-12-9;11-9-7-1-6-2-8(9)5-10(3-6)4-7;9-7-1-3-8(4-2-7)10-5-6-11-8/h8H,2-7H2;8H,1-7,10H2;6-8H,1-5H2;1-6H2. The van der Waals surface area contributed by atoms with Crippen molar-refractivity contribution in [2.45, 2.75) is 113 Å². The SMILES string of the molecule is NCC1CCC2(CC1)OCCO2.O=C1C2CC3CC1CN(C3)C2.O=C1CCC2(CC1)OCCO2.[C-]#[N+]C1CCC2(CC1)OCCO2. The Balaban J connectivity index is 0.000000108. The maximum Gasteiger partial charge on any atom is 0.224 e. The quantitative estimate of drug-likeness (QED) is 0.421. The summed E-state index contributed by atoms with van der Waals surface area (Å²) >= 11 is 0. The van der Waals surface area contributed by atoms with Crippen LogP contribution in [-0.4, -0.2) is 106 Å². The highest BCUT2D eigenvalue weighted by Gasteiger charge is 2.47. The van der Waals surface area contributed by atoms with Gasteiger partial charge in [-0.25, -0.2) is 6.57 Å². The maximum atomic E-state index is 11.5. The molecule has 3 spiro atoms. The lowest BCUT2D eigenvalue weighted by atomic mass is 9.67. The van der Waals surface area contributed by atoms with Crippen molar-refractivity contribution in [3.8, 4) is 0 Å². The summed E-state index contributed by atoms with van der Waals surface area (Å²) < 4.78 is 33.2. The fraction of sp³-hybridized carbons (Fsp3) is 0.914. The first-order chi connectivity index (χ1) is 22.3. The van der Waals surface area contributed by atoms with Crippen LogP contribution in [0.15, 0.2) is 0 Å². The lowest BCUT2D eigenvalue weighted by Gasteiger charge is -2.50. The van der Waals surface area contributed by atoms with Gasteiger partial charge in [-0.2, -0.15) is 0 Å². The number of ketones is 2. The highest BCUT2D eigenvalue weighted by Crippen LogP contribution is 2.41. The maximum absolute atomic E-state index is 11.5. The van der Waals surface area contributed by atoms with Crippen LogP contribution in [0.2, 0.25) is 0 Å². The van der Waals surface area contributed by atoms with Gasteiger partial charge in [0.15, 0.2) is 17.4 Å². The molecule has 2 unspecified atom stereocenters. The van der Waals surface area contributed by atoms with Crippen LogP contribution in [0.5, 0.6) is 0 Å². The minimum atomic E-state index is -0.367. The molecule has 4 saturated carbocycles. The van der Waals surface area contributed by atoms with E-state index in [2.05, 4.69) is 9.74 Å². The first-order valence-corrected chi connectivity index (χ1v) is 18.0. The molecule has 46 heavy (non-hydrogen) atoms. The second-order valence-corrected chi connectivity index (χ2v) is 14.8. The van der Waals surface area contributed by atoms with E-state index < -0.39 is 0 Å². The Kier molecular flexibility index (Phi) is 11.5. The molecule has 0 aromatic carbocycles. The van der Waals surface area contributed by atoms with E-state index in [-0.39, 0.29) is 23.4 Å². The molecule has 0 radical (unpaired) electrons. The van der Waals surface area contributed by atoms with Crippen LogP contribution in [0.3, 0.4) is 0 Å². The van der Waals surface area contributed by atoms with Crippen molar-refractivity contribution < 1.29 is 38.0 Å². The van der Waals surface area contributed by atoms with E-state index in [9.17, 15) is 9.59 Å². The van der Waals surface area contributed by atoms with Crippen molar-refractivity contribution in [1.82, 2.24) is 4.90 Å². The van der Waals surface area contributed by atoms with E-state index in [1.165, 1.54) is 19.4 Å². The van der Waals surface area contributed by atoms with Gasteiger partial charge in [-0.05, 0) is 44.1 Å². The number of nitrogens with zero attached hydrogens (tertiary/aromatic N) is 2. The predicted octanol–water partition coefficient (Wildman–Crippen LogP) is 3.87. The van der Waals surface area contributed by atoms with Gasteiger partial charge in [0.2, 0.25) is 6.04 Å². The topological polar surface area (TPSA) is 123 Å². The number of ether oxygens (including phenoxy) is 6. The smallest absolute Gasteiger partial charge is 0.224 e. The average molecular weight is 646 g/mol. The van der Waals surface area contributed by atoms with E-state index in [1.54, 1.807) is 0 Å². The van der Waals surface area contributed by atoms with Crippen molar-refractivity contribution in [3.63, 3.8) is 0 Å². The summed E-state index contributed by atoms with van der Waals surface area (Å²) in [7, 11) is 0. The number of rotatable bonds is 1. The summed E-state index contributed by atoms with van der Waals surface area (Å²) in [4.78, 5) is 28.5.